The lowest BCUT2D eigenvalue weighted by molar-refractivity contribution is -0.152. The molecule has 0 aromatic rings. The van der Waals surface area contributed by atoms with Crippen LogP contribution in [0.3, 0.4) is 0 Å². The molecule has 0 fully saturated rings. The molecule has 0 aromatic carbocycles. The number of allylic oxidation sites excluding steroid dienone is 8. The van der Waals surface area contributed by atoms with Crippen LogP contribution in [0.5, 0.6) is 0 Å². The number of aliphatic hydroxyl groups is 2. The topological polar surface area (TPSA) is 93.1 Å². The zero-order valence-corrected chi connectivity index (χ0v) is 29.7. The van der Waals surface area contributed by atoms with Gasteiger partial charge in [-0.2, -0.15) is 0 Å². The predicted octanol–water partition coefficient (Wildman–Crippen LogP) is 10.3. The van der Waals surface area contributed by atoms with E-state index in [0.29, 0.717) is 25.9 Å². The molecule has 0 aromatic heterocycles. The van der Waals surface area contributed by atoms with E-state index in [1.54, 1.807) is 0 Å². The summed E-state index contributed by atoms with van der Waals surface area (Å²) in [5.41, 5.74) is 0. The maximum atomic E-state index is 11.9. The van der Waals surface area contributed by atoms with E-state index in [-0.39, 0.29) is 25.2 Å². The van der Waals surface area contributed by atoms with Crippen molar-refractivity contribution in [1.82, 2.24) is 0 Å². The van der Waals surface area contributed by atoms with Crippen molar-refractivity contribution in [2.24, 2.45) is 5.92 Å². The van der Waals surface area contributed by atoms with Crippen molar-refractivity contribution in [3.63, 3.8) is 0 Å². The van der Waals surface area contributed by atoms with Crippen molar-refractivity contribution in [2.75, 3.05) is 19.8 Å². The maximum Gasteiger partial charge on any atom is 0.305 e. The molecule has 0 aliphatic heterocycles. The lowest BCUT2D eigenvalue weighted by Gasteiger charge is -2.12. The number of aliphatic hydroxyl groups excluding tert-OH is 2. The largest absolute Gasteiger partial charge is 0.463 e. The van der Waals surface area contributed by atoms with E-state index in [9.17, 15) is 14.7 Å². The van der Waals surface area contributed by atoms with Gasteiger partial charge in [-0.3, -0.25) is 9.59 Å². The van der Waals surface area contributed by atoms with Gasteiger partial charge in [-0.05, 0) is 63.7 Å². The van der Waals surface area contributed by atoms with Gasteiger partial charge >= 0.3 is 11.9 Å². The molecule has 0 aliphatic carbocycles. The summed E-state index contributed by atoms with van der Waals surface area (Å²) < 4.78 is 10.3. The lowest BCUT2D eigenvalue weighted by atomic mass is 10.0. The highest BCUT2D eigenvalue weighted by atomic mass is 16.6. The first-order valence-electron chi connectivity index (χ1n) is 18.7. The second kappa shape index (κ2) is 35.7. The van der Waals surface area contributed by atoms with Crippen LogP contribution in [0.25, 0.3) is 0 Å². The van der Waals surface area contributed by atoms with Crippen LogP contribution in [-0.4, -0.2) is 48.1 Å². The molecule has 0 bridgehead atoms. The summed E-state index contributed by atoms with van der Waals surface area (Å²) in [6.07, 6.45) is 40.4. The first-order valence-corrected chi connectivity index (χ1v) is 18.7. The van der Waals surface area contributed by atoms with Gasteiger partial charge in [0.2, 0.25) is 0 Å². The molecule has 1 atom stereocenters. The van der Waals surface area contributed by atoms with Gasteiger partial charge in [-0.1, -0.05) is 140 Å². The van der Waals surface area contributed by atoms with Gasteiger partial charge in [0, 0.05) is 19.4 Å². The molecule has 0 radical (unpaired) electrons. The van der Waals surface area contributed by atoms with E-state index in [0.717, 1.165) is 76.5 Å². The average molecular weight is 647 g/mol. The quantitative estimate of drug-likeness (QED) is 0.0419. The molecule has 0 aliphatic rings. The minimum atomic E-state index is -0.992. The first kappa shape index (κ1) is 43.8. The fourth-order valence-electron chi connectivity index (χ4n) is 4.95. The van der Waals surface area contributed by atoms with Crippen LogP contribution in [0.2, 0.25) is 0 Å². The Morgan fingerprint density at radius 1 is 0.522 bits per heavy atom. The van der Waals surface area contributed by atoms with E-state index in [1.807, 2.05) is 0 Å². The van der Waals surface area contributed by atoms with Gasteiger partial charge in [0.15, 0.2) is 0 Å². The second-order valence-corrected chi connectivity index (χ2v) is 12.9. The molecule has 0 unspecified atom stereocenters. The zero-order valence-electron chi connectivity index (χ0n) is 29.7. The number of ether oxygens (including phenoxy) is 2. The third-order valence-corrected chi connectivity index (χ3v) is 7.80. The summed E-state index contributed by atoms with van der Waals surface area (Å²) in [5.74, 6) is 0.185. The molecule has 46 heavy (non-hydrogen) atoms. The van der Waals surface area contributed by atoms with Gasteiger partial charge in [-0.25, -0.2) is 0 Å². The van der Waals surface area contributed by atoms with Crippen molar-refractivity contribution in [2.45, 2.75) is 168 Å². The number of esters is 2. The molecule has 0 spiro atoms. The van der Waals surface area contributed by atoms with Gasteiger partial charge in [0.05, 0.1) is 0 Å². The first-order chi connectivity index (χ1) is 22.5. The number of hydrogen-bond donors (Lipinski definition) is 2. The maximum absolute atomic E-state index is 11.9. The zero-order chi connectivity index (χ0) is 33.8. The highest BCUT2D eigenvalue weighted by Gasteiger charge is 2.12. The Morgan fingerprint density at radius 2 is 0.913 bits per heavy atom. The number of unbranched alkanes of at least 4 members (excludes halogenated alkanes) is 14. The molecule has 0 rings (SSSR count). The SMILES string of the molecule is CC(C)CCCCCCCCCCCCCC(=O)OC[C@H](O)COC(=O)CCC/C=C\C/C=C\C/C=C\C/C=C\CCCCCO. The second-order valence-electron chi connectivity index (χ2n) is 12.9. The normalized spacial score (nSPS) is 12.8. The van der Waals surface area contributed by atoms with Crippen LogP contribution in [0.15, 0.2) is 48.6 Å². The van der Waals surface area contributed by atoms with Gasteiger partial charge in [-0.15, -0.1) is 0 Å². The summed E-state index contributed by atoms with van der Waals surface area (Å²) in [6, 6.07) is 0. The monoisotopic (exact) mass is 647 g/mol. The molecule has 266 valence electrons. The van der Waals surface area contributed by atoms with Crippen LogP contribution in [-0.2, 0) is 19.1 Å². The van der Waals surface area contributed by atoms with E-state index < -0.39 is 6.10 Å². The van der Waals surface area contributed by atoms with Crippen molar-refractivity contribution >= 4 is 11.9 Å². The number of carbonyl (C=O) groups is 2. The summed E-state index contributed by atoms with van der Waals surface area (Å²) in [4.78, 5) is 23.9. The van der Waals surface area contributed by atoms with Gasteiger partial charge in [0.25, 0.3) is 0 Å². The Hall–Kier alpha value is -2.18. The molecular formula is C40H70O6. The Kier molecular flexibility index (Phi) is 34.0. The fourth-order valence-corrected chi connectivity index (χ4v) is 4.95. The summed E-state index contributed by atoms with van der Waals surface area (Å²) in [5, 5.41) is 18.7. The van der Waals surface area contributed by atoms with Crippen molar-refractivity contribution in [3.8, 4) is 0 Å². The lowest BCUT2D eigenvalue weighted by Crippen LogP contribution is -2.25. The third kappa shape index (κ3) is 36.3. The number of hydrogen-bond acceptors (Lipinski definition) is 6. The van der Waals surface area contributed by atoms with Crippen LogP contribution < -0.4 is 0 Å². The van der Waals surface area contributed by atoms with Crippen LogP contribution in [0, 0.1) is 5.92 Å². The molecule has 2 N–H and O–H groups in total. The summed E-state index contributed by atoms with van der Waals surface area (Å²) in [6.45, 7) is 4.59. The fraction of sp³-hybridized carbons (Fsp3) is 0.750. The minimum absolute atomic E-state index is 0.139. The van der Waals surface area contributed by atoms with E-state index in [1.165, 1.54) is 57.8 Å². The minimum Gasteiger partial charge on any atom is -0.463 e. The Balaban J connectivity index is 3.55. The molecule has 6 heteroatoms. The van der Waals surface area contributed by atoms with Crippen molar-refractivity contribution < 1.29 is 29.3 Å². The van der Waals surface area contributed by atoms with E-state index in [4.69, 9.17) is 14.6 Å². The van der Waals surface area contributed by atoms with Crippen LogP contribution in [0.1, 0.15) is 162 Å². The standard InChI is InChI=1S/C40H70O6/c1-37(2)31-27-23-19-15-11-10-13-17-21-25-29-33-40(44)46-36-38(42)35-45-39(43)32-28-24-20-16-12-8-6-4-3-5-7-9-14-18-22-26-30-34-41/h3,5-6,8-9,14,16,20,37-38,41-42H,4,7,10-13,15,17-19,21-36H2,1-2H3/b5-3-,8-6-,14-9-,20-16-/t38-/m1/s1. The van der Waals surface area contributed by atoms with E-state index in [2.05, 4.69) is 62.5 Å². The summed E-state index contributed by atoms with van der Waals surface area (Å²) in [7, 11) is 0. The van der Waals surface area contributed by atoms with Crippen molar-refractivity contribution in [1.29, 1.82) is 0 Å². The highest BCUT2D eigenvalue weighted by Crippen LogP contribution is 2.14. The Labute approximate surface area is 282 Å². The number of rotatable bonds is 33. The molecule has 6 nitrogen and oxygen atoms in total. The highest BCUT2D eigenvalue weighted by molar-refractivity contribution is 5.69. The molecular weight excluding hydrogens is 576 g/mol. The van der Waals surface area contributed by atoms with Gasteiger partial charge < -0.3 is 19.7 Å². The van der Waals surface area contributed by atoms with Crippen molar-refractivity contribution in [3.05, 3.63) is 48.6 Å². The summed E-state index contributed by atoms with van der Waals surface area (Å²) >= 11 is 0. The van der Waals surface area contributed by atoms with Crippen LogP contribution in [0.4, 0.5) is 0 Å². The number of carbonyl (C=O) groups excluding carboxylic acids is 2. The molecule has 0 saturated carbocycles. The Morgan fingerprint density at radius 3 is 1.39 bits per heavy atom. The third-order valence-electron chi connectivity index (χ3n) is 7.80. The molecule has 0 saturated heterocycles. The molecule has 0 amide bonds. The van der Waals surface area contributed by atoms with Gasteiger partial charge in [0.1, 0.15) is 19.3 Å². The Bertz CT molecular complexity index is 798. The molecule has 0 heterocycles. The smallest absolute Gasteiger partial charge is 0.305 e. The predicted molar refractivity (Wildman–Crippen MR) is 193 cm³/mol. The van der Waals surface area contributed by atoms with Crippen LogP contribution >= 0.6 is 0 Å². The average Bonchev–Trinajstić information content (AvgIpc) is 3.04. The van der Waals surface area contributed by atoms with E-state index >= 15 is 0 Å².